The van der Waals surface area contributed by atoms with Crippen molar-refractivity contribution in [2.45, 2.75) is 19.8 Å². The second kappa shape index (κ2) is 11.0. The lowest BCUT2D eigenvalue weighted by Crippen LogP contribution is -3.14. The van der Waals surface area contributed by atoms with E-state index < -0.39 is 5.97 Å². The number of quaternary nitrogens is 1. The molecule has 1 saturated heterocycles. The van der Waals surface area contributed by atoms with E-state index in [0.29, 0.717) is 13.2 Å². The number of halogens is 2. The van der Waals surface area contributed by atoms with Crippen LogP contribution in [0.4, 0.5) is 4.39 Å². The van der Waals surface area contributed by atoms with Gasteiger partial charge < -0.3 is 27.2 Å². The Hall–Kier alpha value is -2.37. The lowest BCUT2D eigenvalue weighted by atomic mass is 9.95. The maximum atomic E-state index is 13.8. The van der Waals surface area contributed by atoms with Crippen LogP contribution in [0.2, 0.25) is 0 Å². The molecule has 1 aliphatic heterocycles. The van der Waals surface area contributed by atoms with Gasteiger partial charge in [-0.3, -0.25) is 4.79 Å². The van der Waals surface area contributed by atoms with Gasteiger partial charge in [-0.25, -0.2) is 4.39 Å². The van der Waals surface area contributed by atoms with Crippen LogP contribution < -0.4 is 17.3 Å². The zero-order valence-corrected chi connectivity index (χ0v) is 17.3. The SMILES string of the molecule is Cc1ccccc1/C(=C/OCC[NH+]1CCC[C@@H](C(=O)O)C1)c1cccc(F)c1.[Cl-]. The molecular weight excluding hydrogens is 393 g/mol. The number of aryl methyl sites for hydroxylation is 1. The molecule has 0 spiro atoms. The third kappa shape index (κ3) is 6.31. The van der Waals surface area contributed by atoms with E-state index in [1.54, 1.807) is 12.3 Å². The van der Waals surface area contributed by atoms with Crippen LogP contribution in [0, 0.1) is 18.7 Å². The summed E-state index contributed by atoms with van der Waals surface area (Å²) in [6.07, 6.45) is 3.39. The van der Waals surface area contributed by atoms with E-state index in [9.17, 15) is 14.3 Å². The summed E-state index contributed by atoms with van der Waals surface area (Å²) < 4.78 is 19.6. The van der Waals surface area contributed by atoms with Gasteiger partial charge in [-0.2, -0.15) is 0 Å². The molecule has 2 aromatic carbocycles. The van der Waals surface area contributed by atoms with E-state index in [1.807, 2.05) is 37.3 Å². The van der Waals surface area contributed by atoms with E-state index in [0.717, 1.165) is 48.2 Å². The molecule has 0 bridgehead atoms. The highest BCUT2D eigenvalue weighted by molar-refractivity contribution is 5.80. The molecule has 0 aromatic heterocycles. The topological polar surface area (TPSA) is 51.0 Å². The van der Waals surface area contributed by atoms with Gasteiger partial charge in [-0.1, -0.05) is 36.4 Å². The quantitative estimate of drug-likeness (QED) is 0.488. The smallest absolute Gasteiger partial charge is 0.312 e. The minimum absolute atomic E-state index is 0. The largest absolute Gasteiger partial charge is 1.00 e. The van der Waals surface area contributed by atoms with Crippen LogP contribution in [-0.4, -0.2) is 37.3 Å². The average molecular weight is 420 g/mol. The van der Waals surface area contributed by atoms with Crippen molar-refractivity contribution in [2.75, 3.05) is 26.2 Å². The fraction of sp³-hybridized carbons (Fsp3) is 0.348. The summed E-state index contributed by atoms with van der Waals surface area (Å²) in [4.78, 5) is 12.5. The first-order valence-corrected chi connectivity index (χ1v) is 9.74. The normalized spacial score (nSPS) is 19.3. The zero-order chi connectivity index (χ0) is 19.9. The second-order valence-corrected chi connectivity index (χ2v) is 7.36. The molecule has 1 unspecified atom stereocenters. The lowest BCUT2D eigenvalue weighted by Gasteiger charge is -2.27. The minimum atomic E-state index is -0.703. The summed E-state index contributed by atoms with van der Waals surface area (Å²) in [6, 6.07) is 14.5. The predicted octanol–water partition coefficient (Wildman–Crippen LogP) is -0.0766. The number of nitrogens with one attached hydrogen (secondary N) is 1. The first-order chi connectivity index (χ1) is 13.5. The average Bonchev–Trinajstić information content (AvgIpc) is 2.69. The van der Waals surface area contributed by atoms with Crippen LogP contribution in [-0.2, 0) is 9.53 Å². The van der Waals surface area contributed by atoms with E-state index in [-0.39, 0.29) is 24.1 Å². The van der Waals surface area contributed by atoms with Crippen molar-refractivity contribution in [3.63, 3.8) is 0 Å². The molecule has 2 atom stereocenters. The number of carboxylic acids is 1. The van der Waals surface area contributed by atoms with Crippen LogP contribution in [0.25, 0.3) is 5.57 Å². The van der Waals surface area contributed by atoms with Crippen molar-refractivity contribution >= 4 is 11.5 Å². The second-order valence-electron chi connectivity index (χ2n) is 7.36. The molecule has 0 radical (unpaired) electrons. The summed E-state index contributed by atoms with van der Waals surface area (Å²) in [5, 5.41) is 9.22. The van der Waals surface area contributed by atoms with Crippen molar-refractivity contribution in [3.05, 3.63) is 77.3 Å². The molecule has 1 aliphatic rings. The highest BCUT2D eigenvalue weighted by Crippen LogP contribution is 2.26. The molecule has 4 nitrogen and oxygen atoms in total. The van der Waals surface area contributed by atoms with Gasteiger partial charge in [0, 0.05) is 5.57 Å². The first-order valence-electron chi connectivity index (χ1n) is 9.74. The van der Waals surface area contributed by atoms with Crippen molar-refractivity contribution in [2.24, 2.45) is 5.92 Å². The Morgan fingerprint density at radius 2 is 2.07 bits per heavy atom. The number of likely N-dealkylation sites (tertiary alicyclic amines) is 1. The number of piperidine rings is 1. The van der Waals surface area contributed by atoms with Gasteiger partial charge in [0.1, 0.15) is 24.9 Å². The fourth-order valence-electron chi connectivity index (χ4n) is 3.75. The Bertz CT molecular complexity index is 856. The number of rotatable bonds is 7. The molecule has 1 heterocycles. The molecule has 6 heteroatoms. The molecule has 0 aliphatic carbocycles. The van der Waals surface area contributed by atoms with Gasteiger partial charge in [0.2, 0.25) is 0 Å². The maximum absolute atomic E-state index is 13.8. The Morgan fingerprint density at radius 3 is 2.79 bits per heavy atom. The van der Waals surface area contributed by atoms with Gasteiger partial charge in [0.25, 0.3) is 0 Å². The third-order valence-electron chi connectivity index (χ3n) is 5.31. The Morgan fingerprint density at radius 1 is 1.28 bits per heavy atom. The third-order valence-corrected chi connectivity index (χ3v) is 5.31. The maximum Gasteiger partial charge on any atom is 0.312 e. The van der Waals surface area contributed by atoms with E-state index in [4.69, 9.17) is 4.74 Å². The summed E-state index contributed by atoms with van der Waals surface area (Å²) in [7, 11) is 0. The summed E-state index contributed by atoms with van der Waals surface area (Å²) in [5.41, 5.74) is 3.71. The molecule has 29 heavy (non-hydrogen) atoms. The number of carboxylic acid groups (broad SMARTS) is 1. The summed E-state index contributed by atoms with van der Waals surface area (Å²) in [6.45, 7) is 4.89. The van der Waals surface area contributed by atoms with E-state index in [2.05, 4.69) is 0 Å². The predicted molar refractivity (Wildman–Crippen MR) is 107 cm³/mol. The van der Waals surface area contributed by atoms with Crippen molar-refractivity contribution in [1.82, 2.24) is 0 Å². The fourth-order valence-corrected chi connectivity index (χ4v) is 3.75. The zero-order valence-electron chi connectivity index (χ0n) is 16.5. The molecule has 0 amide bonds. The van der Waals surface area contributed by atoms with Crippen LogP contribution >= 0.6 is 0 Å². The lowest BCUT2D eigenvalue weighted by molar-refractivity contribution is -0.907. The van der Waals surface area contributed by atoms with Crippen LogP contribution in [0.3, 0.4) is 0 Å². The van der Waals surface area contributed by atoms with Gasteiger partial charge in [0.15, 0.2) is 0 Å². The van der Waals surface area contributed by atoms with Gasteiger partial charge in [-0.05, 0) is 48.6 Å². The number of hydrogen-bond acceptors (Lipinski definition) is 2. The van der Waals surface area contributed by atoms with Crippen molar-refractivity contribution in [1.29, 1.82) is 0 Å². The highest BCUT2D eigenvalue weighted by atomic mass is 35.5. The number of aliphatic carboxylic acids is 1. The number of carbonyl (C=O) groups is 1. The molecule has 3 rings (SSSR count). The van der Waals surface area contributed by atoms with Crippen LogP contribution in [0.15, 0.2) is 54.8 Å². The van der Waals surface area contributed by atoms with Crippen LogP contribution in [0.1, 0.15) is 29.5 Å². The van der Waals surface area contributed by atoms with Crippen LogP contribution in [0.5, 0.6) is 0 Å². The van der Waals surface area contributed by atoms with E-state index >= 15 is 0 Å². The standard InChI is InChI=1S/C23H26FNO3.ClH/c1-17-6-2-3-10-21(17)22(18-7-4-9-20(24)14-18)16-28-13-12-25-11-5-8-19(15-25)23(26)27;/h2-4,6-7,9-10,14,16,19H,5,8,11-13,15H2,1H3,(H,26,27);1H/b22-16+;/t19-;/m1./s1. The van der Waals surface area contributed by atoms with Crippen molar-refractivity contribution in [3.8, 4) is 0 Å². The van der Waals surface area contributed by atoms with E-state index in [1.165, 1.54) is 17.0 Å². The van der Waals surface area contributed by atoms with Gasteiger partial charge in [0.05, 0.1) is 19.4 Å². The molecule has 156 valence electrons. The molecule has 1 fully saturated rings. The number of hydrogen-bond donors (Lipinski definition) is 2. The molecular formula is C23H27ClFNO3. The summed E-state index contributed by atoms with van der Waals surface area (Å²) in [5.74, 6) is -1.24. The monoisotopic (exact) mass is 419 g/mol. The first kappa shape index (κ1) is 22.9. The molecule has 2 N–H and O–H groups in total. The van der Waals surface area contributed by atoms with Crippen molar-refractivity contribution < 1.29 is 36.3 Å². The molecule has 2 aromatic rings. The van der Waals surface area contributed by atoms with Gasteiger partial charge >= 0.3 is 5.97 Å². The Labute approximate surface area is 177 Å². The highest BCUT2D eigenvalue weighted by Gasteiger charge is 2.28. The number of ether oxygens (including phenoxy) is 1. The Balaban J connectivity index is 0.00000300. The van der Waals surface area contributed by atoms with Gasteiger partial charge in [-0.15, -0.1) is 0 Å². The summed E-state index contributed by atoms with van der Waals surface area (Å²) >= 11 is 0. The Kier molecular flexibility index (Phi) is 8.68. The minimum Gasteiger partial charge on any atom is -1.00 e. The molecule has 0 saturated carbocycles. The number of benzene rings is 2.